The van der Waals surface area contributed by atoms with E-state index >= 15 is 0 Å². The first-order chi connectivity index (χ1) is 9.66. The second kappa shape index (κ2) is 4.99. The molecule has 0 unspecified atom stereocenters. The van der Waals surface area contributed by atoms with Gasteiger partial charge in [0.25, 0.3) is 0 Å². The van der Waals surface area contributed by atoms with Crippen molar-refractivity contribution in [2.45, 2.75) is 6.92 Å². The number of nitrogens with zero attached hydrogens (tertiary/aromatic N) is 3. The van der Waals surface area contributed by atoms with Gasteiger partial charge in [0.2, 0.25) is 0 Å². The molecule has 3 aromatic rings. The number of hydrogen-bond acceptors (Lipinski definition) is 5. The Balaban J connectivity index is 2.30. The van der Waals surface area contributed by atoms with Crippen LogP contribution >= 0.6 is 0 Å². The Morgan fingerprint density at radius 2 is 1.80 bits per heavy atom. The molecule has 3 rings (SSSR count). The minimum Gasteiger partial charge on any atom is -0.423 e. The fraction of sp³-hybridized carbons (Fsp3) is 0.0714. The van der Waals surface area contributed by atoms with Gasteiger partial charge in [-0.15, -0.1) is 0 Å². The average molecular weight is 265 g/mol. The molecule has 2 heterocycles. The Kier molecular flexibility index (Phi) is 3.18. The van der Waals surface area contributed by atoms with E-state index in [-0.39, 0.29) is 0 Å². The van der Waals surface area contributed by atoms with Crippen LogP contribution in [0.15, 0.2) is 42.7 Å². The Labute approximate surface area is 116 Å². The largest absolute Gasteiger partial charge is 0.490 e. The van der Waals surface area contributed by atoms with Gasteiger partial charge in [0.1, 0.15) is 5.52 Å². The lowest BCUT2D eigenvalue weighted by molar-refractivity contribution is 0.426. The summed E-state index contributed by atoms with van der Waals surface area (Å²) in [4.78, 5) is 12.7. The molecule has 98 valence electrons. The van der Waals surface area contributed by atoms with E-state index in [9.17, 15) is 10.0 Å². The topological polar surface area (TPSA) is 79.1 Å². The molecule has 0 amide bonds. The van der Waals surface area contributed by atoms with E-state index in [1.165, 1.54) is 12.4 Å². The van der Waals surface area contributed by atoms with Gasteiger partial charge in [-0.1, -0.05) is 24.3 Å². The molecular weight excluding hydrogens is 253 g/mol. The minimum absolute atomic E-state index is 0.307. The summed E-state index contributed by atoms with van der Waals surface area (Å²) in [6.07, 6.45) is 3.04. The molecule has 20 heavy (non-hydrogen) atoms. The van der Waals surface area contributed by atoms with Gasteiger partial charge in [-0.25, -0.2) is 9.97 Å². The zero-order valence-corrected chi connectivity index (χ0v) is 10.9. The van der Waals surface area contributed by atoms with Gasteiger partial charge in [-0.3, -0.25) is 4.98 Å². The molecule has 1 aromatic carbocycles. The van der Waals surface area contributed by atoms with Crippen molar-refractivity contribution in [1.29, 1.82) is 0 Å². The number of benzene rings is 1. The first-order valence-electron chi connectivity index (χ1n) is 6.20. The van der Waals surface area contributed by atoms with Gasteiger partial charge in [-0.2, -0.15) is 0 Å². The van der Waals surface area contributed by atoms with Crippen molar-refractivity contribution in [3.05, 3.63) is 48.3 Å². The van der Waals surface area contributed by atoms with Gasteiger partial charge in [0, 0.05) is 23.4 Å². The van der Waals surface area contributed by atoms with E-state index < -0.39 is 7.12 Å². The smallest absolute Gasteiger partial charge is 0.423 e. The van der Waals surface area contributed by atoms with Gasteiger partial charge < -0.3 is 10.0 Å². The second-order valence-electron chi connectivity index (χ2n) is 4.51. The number of hydrogen-bond donors (Lipinski definition) is 2. The lowest BCUT2D eigenvalue weighted by Gasteiger charge is -2.09. The molecule has 2 N–H and O–H groups in total. The zero-order chi connectivity index (χ0) is 14.1. The quantitative estimate of drug-likeness (QED) is 0.666. The minimum atomic E-state index is -1.61. The SMILES string of the molecule is Cc1ccccc1-c1cc(B(O)O)c2nccnc2n1. The maximum absolute atomic E-state index is 9.52. The lowest BCUT2D eigenvalue weighted by Crippen LogP contribution is -2.31. The molecule has 5 nitrogen and oxygen atoms in total. The van der Waals surface area contributed by atoms with Crippen LogP contribution in [-0.2, 0) is 0 Å². The van der Waals surface area contributed by atoms with Crippen LogP contribution in [0.5, 0.6) is 0 Å². The summed E-state index contributed by atoms with van der Waals surface area (Å²) in [7, 11) is -1.61. The number of rotatable bonds is 2. The maximum Gasteiger partial charge on any atom is 0.490 e. The molecule has 0 fully saturated rings. The van der Waals surface area contributed by atoms with Crippen LogP contribution in [-0.4, -0.2) is 32.1 Å². The van der Waals surface area contributed by atoms with E-state index in [4.69, 9.17) is 0 Å². The molecule has 0 aliphatic heterocycles. The number of aryl methyl sites for hydroxylation is 1. The maximum atomic E-state index is 9.52. The van der Waals surface area contributed by atoms with E-state index in [1.807, 2.05) is 31.2 Å². The Morgan fingerprint density at radius 1 is 1.05 bits per heavy atom. The van der Waals surface area contributed by atoms with Gasteiger partial charge in [0.05, 0.1) is 5.69 Å². The Bertz CT molecular complexity index is 777. The van der Waals surface area contributed by atoms with E-state index in [1.54, 1.807) is 6.07 Å². The normalized spacial score (nSPS) is 10.8. The van der Waals surface area contributed by atoms with Crippen molar-refractivity contribution in [2.75, 3.05) is 0 Å². The number of pyridine rings is 1. The highest BCUT2D eigenvalue weighted by Crippen LogP contribution is 2.21. The van der Waals surface area contributed by atoms with Crippen LogP contribution in [0.25, 0.3) is 22.4 Å². The zero-order valence-electron chi connectivity index (χ0n) is 10.9. The second-order valence-corrected chi connectivity index (χ2v) is 4.51. The predicted molar refractivity (Wildman–Crippen MR) is 77.3 cm³/mol. The third-order valence-electron chi connectivity index (χ3n) is 3.17. The Morgan fingerprint density at radius 3 is 2.55 bits per heavy atom. The summed E-state index contributed by atoms with van der Waals surface area (Å²) in [6.45, 7) is 1.98. The summed E-state index contributed by atoms with van der Waals surface area (Å²) in [5.41, 5.74) is 3.75. The van der Waals surface area contributed by atoms with Crippen molar-refractivity contribution in [3.8, 4) is 11.3 Å². The van der Waals surface area contributed by atoms with Crippen molar-refractivity contribution in [3.63, 3.8) is 0 Å². The van der Waals surface area contributed by atoms with Crippen molar-refractivity contribution in [1.82, 2.24) is 15.0 Å². The standard InChI is InChI=1S/C14H12BN3O2/c1-9-4-2-3-5-10(9)12-8-11(15(19)20)13-14(18-12)17-7-6-16-13/h2-8,19-20H,1H3. The van der Waals surface area contributed by atoms with Crippen molar-refractivity contribution in [2.24, 2.45) is 0 Å². The van der Waals surface area contributed by atoms with E-state index in [2.05, 4.69) is 15.0 Å². The molecule has 0 aliphatic rings. The summed E-state index contributed by atoms with van der Waals surface area (Å²) < 4.78 is 0. The van der Waals surface area contributed by atoms with Crippen LogP contribution < -0.4 is 5.46 Å². The number of aromatic nitrogens is 3. The molecule has 0 saturated carbocycles. The van der Waals surface area contributed by atoms with Crippen molar-refractivity contribution >= 4 is 23.7 Å². The van der Waals surface area contributed by atoms with Crippen LogP contribution in [0.4, 0.5) is 0 Å². The van der Waals surface area contributed by atoms with Crippen LogP contribution in [0, 0.1) is 6.92 Å². The van der Waals surface area contributed by atoms with Crippen LogP contribution in [0.3, 0.4) is 0 Å². The predicted octanol–water partition coefficient (Wildman–Crippen LogP) is 0.680. The Hall–Kier alpha value is -2.31. The highest BCUT2D eigenvalue weighted by molar-refractivity contribution is 6.61. The third kappa shape index (κ3) is 2.15. The fourth-order valence-corrected chi connectivity index (χ4v) is 2.17. The average Bonchev–Trinajstić information content (AvgIpc) is 2.46. The molecule has 0 atom stereocenters. The molecule has 0 aliphatic carbocycles. The lowest BCUT2D eigenvalue weighted by atomic mass is 9.79. The van der Waals surface area contributed by atoms with Crippen LogP contribution in [0.2, 0.25) is 0 Å². The molecule has 6 heteroatoms. The summed E-state index contributed by atoms with van der Waals surface area (Å²) in [5, 5.41) is 19.0. The molecular formula is C14H12BN3O2. The van der Waals surface area contributed by atoms with Gasteiger partial charge in [-0.05, 0) is 18.6 Å². The molecule has 0 radical (unpaired) electrons. The van der Waals surface area contributed by atoms with Crippen molar-refractivity contribution < 1.29 is 10.0 Å². The van der Waals surface area contributed by atoms with Crippen LogP contribution in [0.1, 0.15) is 5.56 Å². The number of fused-ring (bicyclic) bond motifs is 1. The molecule has 0 spiro atoms. The van der Waals surface area contributed by atoms with Gasteiger partial charge in [0.15, 0.2) is 5.65 Å². The first kappa shape index (κ1) is 12.7. The highest BCUT2D eigenvalue weighted by Gasteiger charge is 2.19. The summed E-state index contributed by atoms with van der Waals surface area (Å²) in [6, 6.07) is 9.42. The molecule has 0 saturated heterocycles. The van der Waals surface area contributed by atoms with Gasteiger partial charge >= 0.3 is 7.12 Å². The highest BCUT2D eigenvalue weighted by atomic mass is 16.4. The third-order valence-corrected chi connectivity index (χ3v) is 3.17. The molecule has 2 aromatic heterocycles. The summed E-state index contributed by atoms with van der Waals surface area (Å²) in [5.74, 6) is 0. The van der Waals surface area contributed by atoms with E-state index in [0.29, 0.717) is 22.3 Å². The molecule has 0 bridgehead atoms. The van der Waals surface area contributed by atoms with E-state index in [0.717, 1.165) is 11.1 Å². The fourth-order valence-electron chi connectivity index (χ4n) is 2.17. The monoisotopic (exact) mass is 265 g/mol. The summed E-state index contributed by atoms with van der Waals surface area (Å²) >= 11 is 0. The first-order valence-corrected chi connectivity index (χ1v) is 6.20.